The molecule has 4 aromatic rings. The predicted molar refractivity (Wildman–Crippen MR) is 157 cm³/mol. The molecule has 0 bridgehead atoms. The third-order valence-corrected chi connectivity index (χ3v) is 7.91. The van der Waals surface area contributed by atoms with Crippen LogP contribution in [0.5, 0.6) is 5.75 Å². The van der Waals surface area contributed by atoms with E-state index >= 15 is 0 Å². The normalized spacial score (nSPS) is 12.5. The van der Waals surface area contributed by atoms with Gasteiger partial charge in [0.1, 0.15) is 17.1 Å². The minimum absolute atomic E-state index is 0.166. The van der Waals surface area contributed by atoms with Gasteiger partial charge in [0.15, 0.2) is 0 Å². The SMILES string of the molecule is CCOC(=O)Cc1ccc(C)cc1OCc1cc(-c2ccnc(CN[S+]([O-])C(C)(C)C)c2)c2ccn(C)c2c1. The first-order valence-corrected chi connectivity index (χ1v) is 14.3. The van der Waals surface area contributed by atoms with Crippen LogP contribution in [0.3, 0.4) is 0 Å². The van der Waals surface area contributed by atoms with E-state index in [-0.39, 0.29) is 17.1 Å². The maximum atomic E-state index is 12.5. The van der Waals surface area contributed by atoms with Crippen LogP contribution in [0, 0.1) is 6.92 Å². The molecule has 0 aliphatic heterocycles. The molecule has 0 spiro atoms. The number of hydrogen-bond donors (Lipinski definition) is 1. The summed E-state index contributed by atoms with van der Waals surface area (Å²) in [4.78, 5) is 16.6. The minimum Gasteiger partial charge on any atom is -0.598 e. The third kappa shape index (κ3) is 7.20. The van der Waals surface area contributed by atoms with Crippen molar-refractivity contribution in [3.63, 3.8) is 0 Å². The highest BCUT2D eigenvalue weighted by Gasteiger charge is 2.26. The summed E-state index contributed by atoms with van der Waals surface area (Å²) < 4.78 is 28.7. The summed E-state index contributed by atoms with van der Waals surface area (Å²) >= 11 is -1.18. The number of aromatic nitrogens is 2. The molecule has 0 radical (unpaired) electrons. The Morgan fingerprint density at radius 1 is 1.13 bits per heavy atom. The number of rotatable bonds is 10. The smallest absolute Gasteiger partial charge is 0.310 e. The number of fused-ring (bicyclic) bond motifs is 1. The molecule has 206 valence electrons. The van der Waals surface area contributed by atoms with Gasteiger partial charge in [-0.1, -0.05) is 12.1 Å². The van der Waals surface area contributed by atoms with Crippen LogP contribution in [-0.2, 0) is 47.5 Å². The Morgan fingerprint density at radius 3 is 2.67 bits per heavy atom. The Balaban J connectivity index is 1.62. The van der Waals surface area contributed by atoms with Gasteiger partial charge < -0.3 is 18.6 Å². The number of esters is 1. The molecule has 0 aliphatic rings. The van der Waals surface area contributed by atoms with Crippen molar-refractivity contribution in [1.29, 1.82) is 0 Å². The van der Waals surface area contributed by atoms with Crippen LogP contribution in [0.4, 0.5) is 0 Å². The highest BCUT2D eigenvalue weighted by Crippen LogP contribution is 2.32. The third-order valence-electron chi connectivity index (χ3n) is 6.39. The number of hydrogen-bond acceptors (Lipinski definition) is 6. The van der Waals surface area contributed by atoms with Gasteiger partial charge in [0.2, 0.25) is 0 Å². The summed E-state index contributed by atoms with van der Waals surface area (Å²) in [5.41, 5.74) is 6.88. The van der Waals surface area contributed by atoms with Crippen molar-refractivity contribution in [2.45, 2.75) is 58.9 Å². The zero-order chi connectivity index (χ0) is 28.2. The molecule has 39 heavy (non-hydrogen) atoms. The van der Waals surface area contributed by atoms with E-state index in [0.717, 1.165) is 44.4 Å². The van der Waals surface area contributed by atoms with Gasteiger partial charge in [0, 0.05) is 47.3 Å². The van der Waals surface area contributed by atoms with Crippen LogP contribution in [0.1, 0.15) is 50.1 Å². The maximum absolute atomic E-state index is 12.5. The monoisotopic (exact) mass is 547 g/mol. The molecule has 1 N–H and O–H groups in total. The van der Waals surface area contributed by atoms with E-state index < -0.39 is 11.4 Å². The lowest BCUT2D eigenvalue weighted by Crippen LogP contribution is -2.39. The number of carbonyl (C=O) groups excluding carboxylic acids is 1. The molecule has 1 atom stereocenters. The average Bonchev–Trinajstić information content (AvgIpc) is 3.27. The Morgan fingerprint density at radius 2 is 1.92 bits per heavy atom. The number of ether oxygens (including phenoxy) is 2. The topological polar surface area (TPSA) is 88.4 Å². The molecule has 1 unspecified atom stereocenters. The summed E-state index contributed by atoms with van der Waals surface area (Å²) in [5.74, 6) is 0.411. The number of nitrogens with zero attached hydrogens (tertiary/aromatic N) is 2. The Hall–Kier alpha value is -3.33. The van der Waals surface area contributed by atoms with Gasteiger partial charge in [-0.15, -0.1) is 4.72 Å². The predicted octanol–water partition coefficient (Wildman–Crippen LogP) is 5.79. The van der Waals surface area contributed by atoms with Crippen molar-refractivity contribution in [3.8, 4) is 16.9 Å². The molecule has 7 nitrogen and oxygen atoms in total. The molecule has 2 heterocycles. The first-order chi connectivity index (χ1) is 18.5. The molecule has 2 aromatic carbocycles. The van der Waals surface area contributed by atoms with Crippen LogP contribution in [-0.4, -0.2) is 31.4 Å². The summed E-state index contributed by atoms with van der Waals surface area (Å²) in [6, 6.07) is 16.3. The second-order valence-corrected chi connectivity index (χ2v) is 12.7. The number of nitrogens with one attached hydrogen (secondary N) is 1. The highest BCUT2D eigenvalue weighted by atomic mass is 32.2. The molecule has 2 aromatic heterocycles. The highest BCUT2D eigenvalue weighted by molar-refractivity contribution is 7.90. The lowest BCUT2D eigenvalue weighted by Gasteiger charge is -2.23. The van der Waals surface area contributed by atoms with Crippen LogP contribution in [0.2, 0.25) is 0 Å². The summed E-state index contributed by atoms with van der Waals surface area (Å²) in [7, 11) is 2.03. The maximum Gasteiger partial charge on any atom is 0.310 e. The van der Waals surface area contributed by atoms with E-state index in [1.165, 1.54) is 0 Å². The van der Waals surface area contributed by atoms with Gasteiger partial charge >= 0.3 is 5.97 Å². The van der Waals surface area contributed by atoms with Crippen molar-refractivity contribution in [2.24, 2.45) is 7.05 Å². The average molecular weight is 548 g/mol. The lowest BCUT2D eigenvalue weighted by atomic mass is 9.99. The van der Waals surface area contributed by atoms with Gasteiger partial charge in [-0.2, -0.15) is 0 Å². The first-order valence-electron chi connectivity index (χ1n) is 13.1. The molecule has 0 amide bonds. The second kappa shape index (κ2) is 12.2. The van der Waals surface area contributed by atoms with Crippen molar-refractivity contribution < 1.29 is 18.8 Å². The van der Waals surface area contributed by atoms with Gasteiger partial charge in [-0.3, -0.25) is 9.78 Å². The number of aryl methyl sites for hydroxylation is 2. The molecular weight excluding hydrogens is 510 g/mol. The van der Waals surface area contributed by atoms with E-state index in [9.17, 15) is 9.35 Å². The number of carbonyl (C=O) groups is 1. The van der Waals surface area contributed by atoms with Crippen LogP contribution < -0.4 is 9.46 Å². The van der Waals surface area contributed by atoms with Gasteiger partial charge in [0.25, 0.3) is 0 Å². The van der Waals surface area contributed by atoms with Gasteiger partial charge in [-0.05, 0) is 93.3 Å². The minimum atomic E-state index is -1.18. The molecule has 0 fully saturated rings. The van der Waals surface area contributed by atoms with E-state index in [4.69, 9.17) is 9.47 Å². The van der Waals surface area contributed by atoms with Crippen LogP contribution in [0.15, 0.2) is 60.9 Å². The van der Waals surface area contributed by atoms with E-state index in [1.807, 2.05) is 71.3 Å². The summed E-state index contributed by atoms with van der Waals surface area (Å²) in [6.45, 7) is 10.7. The summed E-state index contributed by atoms with van der Waals surface area (Å²) in [6.07, 6.45) is 4.00. The molecule has 8 heteroatoms. The van der Waals surface area contributed by atoms with Crippen molar-refractivity contribution in [1.82, 2.24) is 14.3 Å². The molecule has 0 saturated heterocycles. The van der Waals surface area contributed by atoms with Crippen molar-refractivity contribution in [3.05, 3.63) is 83.3 Å². The zero-order valence-electron chi connectivity index (χ0n) is 23.5. The molecule has 4 rings (SSSR count). The summed E-state index contributed by atoms with van der Waals surface area (Å²) in [5, 5.41) is 1.13. The molecule has 0 saturated carbocycles. The first kappa shape index (κ1) is 28.7. The van der Waals surface area contributed by atoms with E-state index in [2.05, 4.69) is 32.5 Å². The standard InChI is InChI=1S/C31H37N3O4S/c1-7-37-30(35)18-24-9-8-21(2)14-29(24)38-20-22-15-27(26-11-13-34(6)28(26)16-22)23-10-12-32-25(17-23)19-33-39(36)31(3,4)5/h8-17,33H,7,18-20H2,1-6H3. The quantitative estimate of drug-likeness (QED) is 0.200. The lowest BCUT2D eigenvalue weighted by molar-refractivity contribution is -0.142. The fraction of sp³-hybridized carbons (Fsp3) is 0.355. The van der Waals surface area contributed by atoms with Crippen LogP contribution >= 0.6 is 0 Å². The zero-order valence-corrected chi connectivity index (χ0v) is 24.4. The Bertz CT molecular complexity index is 1460. The second-order valence-electron chi connectivity index (χ2n) is 10.6. The van der Waals surface area contributed by atoms with Crippen molar-refractivity contribution in [2.75, 3.05) is 6.61 Å². The number of benzene rings is 2. The van der Waals surface area contributed by atoms with Gasteiger partial charge in [0.05, 0.1) is 25.3 Å². The van der Waals surface area contributed by atoms with Crippen molar-refractivity contribution >= 4 is 28.2 Å². The van der Waals surface area contributed by atoms with Crippen LogP contribution in [0.25, 0.3) is 22.0 Å². The fourth-order valence-corrected chi connectivity index (χ4v) is 5.03. The largest absolute Gasteiger partial charge is 0.598 e. The van der Waals surface area contributed by atoms with Gasteiger partial charge in [-0.25, -0.2) is 0 Å². The Kier molecular flexibility index (Phi) is 9.00. The van der Waals surface area contributed by atoms with E-state index in [1.54, 1.807) is 13.1 Å². The number of pyridine rings is 1. The van der Waals surface area contributed by atoms with E-state index in [0.29, 0.717) is 25.5 Å². The molecule has 0 aliphatic carbocycles. The fourth-order valence-electron chi connectivity index (χ4n) is 4.32. The Labute approximate surface area is 233 Å². The molecular formula is C31H37N3O4S.